The fourth-order valence-electron chi connectivity index (χ4n) is 3.49. The van der Waals surface area contributed by atoms with Crippen LogP contribution in [-0.2, 0) is 21.2 Å². The van der Waals surface area contributed by atoms with Gasteiger partial charge in [-0.1, -0.05) is 18.2 Å². The Labute approximate surface area is 180 Å². The Kier molecular flexibility index (Phi) is 5.48. The first-order valence-corrected chi connectivity index (χ1v) is 11.0. The molecule has 0 saturated carbocycles. The van der Waals surface area contributed by atoms with Gasteiger partial charge >= 0.3 is 5.97 Å². The summed E-state index contributed by atoms with van der Waals surface area (Å²) < 4.78 is 32.0. The van der Waals surface area contributed by atoms with Gasteiger partial charge in [0.1, 0.15) is 0 Å². The highest BCUT2D eigenvalue weighted by Crippen LogP contribution is 2.33. The molecule has 8 heteroatoms. The quantitative estimate of drug-likeness (QED) is 0.618. The summed E-state index contributed by atoms with van der Waals surface area (Å²) in [6, 6.07) is 19.6. The zero-order valence-electron chi connectivity index (χ0n) is 16.7. The fraction of sp³-hybridized carbons (Fsp3) is 0.130. The van der Waals surface area contributed by atoms with E-state index >= 15 is 0 Å². The van der Waals surface area contributed by atoms with Crippen molar-refractivity contribution in [1.82, 2.24) is 0 Å². The number of amides is 1. The molecule has 1 N–H and O–H groups in total. The second-order valence-corrected chi connectivity index (χ2v) is 8.87. The minimum absolute atomic E-state index is 0.236. The third kappa shape index (κ3) is 4.02. The van der Waals surface area contributed by atoms with Crippen LogP contribution in [0, 0.1) is 0 Å². The van der Waals surface area contributed by atoms with E-state index in [9.17, 15) is 18.0 Å². The van der Waals surface area contributed by atoms with Crippen molar-refractivity contribution in [3.05, 3.63) is 89.5 Å². The number of ether oxygens (including phenoxy) is 1. The van der Waals surface area contributed by atoms with Crippen LogP contribution in [0.5, 0.6) is 0 Å². The maximum absolute atomic E-state index is 13.0. The Hall–Kier alpha value is -3.65. The van der Waals surface area contributed by atoms with E-state index in [1.54, 1.807) is 72.8 Å². The number of fused-ring (bicyclic) bond motifs is 1. The SMILES string of the molecule is COC(=O)c1ccc(NC(=O)c2ccc3c(c2)CCN3S(=O)(=O)c2ccccc2)cc1. The molecule has 0 atom stereocenters. The highest BCUT2D eigenvalue weighted by molar-refractivity contribution is 7.92. The Balaban J connectivity index is 1.53. The normalized spacial score (nSPS) is 12.9. The monoisotopic (exact) mass is 436 g/mol. The number of carbonyl (C=O) groups is 2. The molecular formula is C23H20N2O5S. The first-order chi connectivity index (χ1) is 14.9. The molecule has 158 valence electrons. The molecule has 0 aromatic heterocycles. The van der Waals surface area contributed by atoms with Gasteiger partial charge in [0.2, 0.25) is 0 Å². The standard InChI is InChI=1S/C23H20N2O5S/c1-30-23(27)16-7-10-19(11-8-16)24-22(26)18-9-12-21-17(15-18)13-14-25(21)31(28,29)20-5-3-2-4-6-20/h2-12,15H,13-14H2,1H3,(H,24,26). The van der Waals surface area contributed by atoms with E-state index in [2.05, 4.69) is 10.1 Å². The number of anilines is 2. The van der Waals surface area contributed by atoms with Crippen molar-refractivity contribution >= 4 is 33.3 Å². The lowest BCUT2D eigenvalue weighted by molar-refractivity contribution is 0.0600. The number of methoxy groups -OCH3 is 1. The van der Waals surface area contributed by atoms with Crippen molar-refractivity contribution < 1.29 is 22.7 Å². The summed E-state index contributed by atoms with van der Waals surface area (Å²) in [5.74, 6) is -0.774. The number of hydrogen-bond acceptors (Lipinski definition) is 5. The fourth-order valence-corrected chi connectivity index (χ4v) is 5.02. The predicted molar refractivity (Wildman–Crippen MR) is 117 cm³/mol. The highest BCUT2D eigenvalue weighted by atomic mass is 32.2. The molecule has 4 rings (SSSR count). The summed E-state index contributed by atoms with van der Waals surface area (Å²) in [6.45, 7) is 0.326. The molecule has 0 unspecified atom stereocenters. The molecular weight excluding hydrogens is 416 g/mol. The average molecular weight is 436 g/mol. The second-order valence-electron chi connectivity index (χ2n) is 7.01. The molecule has 0 radical (unpaired) electrons. The summed E-state index contributed by atoms with van der Waals surface area (Å²) in [7, 11) is -2.35. The van der Waals surface area contributed by atoms with Crippen molar-refractivity contribution in [2.24, 2.45) is 0 Å². The average Bonchev–Trinajstić information content (AvgIpc) is 3.24. The Bertz CT molecular complexity index is 1240. The van der Waals surface area contributed by atoms with Crippen molar-refractivity contribution in [1.29, 1.82) is 0 Å². The number of esters is 1. The first kappa shape index (κ1) is 20.6. The van der Waals surface area contributed by atoms with Crippen LogP contribution in [-0.4, -0.2) is 33.9 Å². The van der Waals surface area contributed by atoms with Crippen LogP contribution in [0.25, 0.3) is 0 Å². The van der Waals surface area contributed by atoms with Crippen LogP contribution in [0.3, 0.4) is 0 Å². The van der Waals surface area contributed by atoms with Gasteiger partial charge in [-0.2, -0.15) is 0 Å². The minimum atomic E-state index is -3.65. The van der Waals surface area contributed by atoms with E-state index < -0.39 is 16.0 Å². The van der Waals surface area contributed by atoms with E-state index in [4.69, 9.17) is 0 Å². The van der Waals surface area contributed by atoms with Gasteiger partial charge in [0, 0.05) is 17.8 Å². The van der Waals surface area contributed by atoms with Crippen LogP contribution in [0.15, 0.2) is 77.7 Å². The maximum Gasteiger partial charge on any atom is 0.337 e. The number of nitrogens with one attached hydrogen (secondary N) is 1. The van der Waals surface area contributed by atoms with E-state index in [-0.39, 0.29) is 10.8 Å². The smallest absolute Gasteiger partial charge is 0.337 e. The zero-order valence-corrected chi connectivity index (χ0v) is 17.6. The van der Waals surface area contributed by atoms with Gasteiger partial charge in [-0.15, -0.1) is 0 Å². The minimum Gasteiger partial charge on any atom is -0.465 e. The Morgan fingerprint density at radius 3 is 2.29 bits per heavy atom. The summed E-state index contributed by atoms with van der Waals surface area (Å²) in [4.78, 5) is 24.4. The Morgan fingerprint density at radius 1 is 0.935 bits per heavy atom. The van der Waals surface area contributed by atoms with Gasteiger partial charge in [0.05, 0.1) is 23.3 Å². The van der Waals surface area contributed by atoms with Crippen LogP contribution in [0.4, 0.5) is 11.4 Å². The molecule has 1 heterocycles. The molecule has 0 spiro atoms. The number of carbonyl (C=O) groups excluding carboxylic acids is 2. The highest BCUT2D eigenvalue weighted by Gasteiger charge is 2.31. The number of rotatable bonds is 5. The predicted octanol–water partition coefficient (Wildman–Crippen LogP) is 3.48. The zero-order chi connectivity index (χ0) is 22.0. The second kappa shape index (κ2) is 8.23. The van der Waals surface area contributed by atoms with Gasteiger partial charge in [0.25, 0.3) is 15.9 Å². The molecule has 0 saturated heterocycles. The molecule has 1 amide bonds. The van der Waals surface area contributed by atoms with Gasteiger partial charge in [-0.3, -0.25) is 9.10 Å². The lowest BCUT2D eigenvalue weighted by atomic mass is 10.1. The molecule has 1 aliphatic rings. The molecule has 3 aromatic rings. The summed E-state index contributed by atoms with van der Waals surface area (Å²) in [6.07, 6.45) is 0.524. The third-order valence-electron chi connectivity index (χ3n) is 5.09. The molecule has 0 bridgehead atoms. The molecule has 7 nitrogen and oxygen atoms in total. The maximum atomic E-state index is 13.0. The molecule has 31 heavy (non-hydrogen) atoms. The summed E-state index contributed by atoms with van der Waals surface area (Å²) in [5.41, 5.74) is 2.73. The molecule has 3 aromatic carbocycles. The number of sulfonamides is 1. The van der Waals surface area contributed by atoms with Crippen molar-refractivity contribution in [2.75, 3.05) is 23.3 Å². The van der Waals surface area contributed by atoms with Gasteiger partial charge in [0.15, 0.2) is 0 Å². The Morgan fingerprint density at radius 2 is 1.61 bits per heavy atom. The first-order valence-electron chi connectivity index (χ1n) is 9.60. The largest absolute Gasteiger partial charge is 0.465 e. The van der Waals surface area contributed by atoms with Crippen LogP contribution in [0.2, 0.25) is 0 Å². The molecule has 0 aliphatic carbocycles. The van der Waals surface area contributed by atoms with E-state index in [1.165, 1.54) is 11.4 Å². The van der Waals surface area contributed by atoms with E-state index in [0.29, 0.717) is 35.5 Å². The number of benzene rings is 3. The number of hydrogen-bond donors (Lipinski definition) is 1. The topological polar surface area (TPSA) is 92.8 Å². The van der Waals surface area contributed by atoms with Gasteiger partial charge in [-0.25, -0.2) is 13.2 Å². The lowest BCUT2D eigenvalue weighted by Gasteiger charge is -2.19. The van der Waals surface area contributed by atoms with E-state index in [0.717, 1.165) is 5.56 Å². The van der Waals surface area contributed by atoms with Crippen molar-refractivity contribution in [2.45, 2.75) is 11.3 Å². The molecule has 1 aliphatic heterocycles. The summed E-state index contributed by atoms with van der Waals surface area (Å²) in [5, 5.41) is 2.78. The third-order valence-corrected chi connectivity index (χ3v) is 6.92. The van der Waals surface area contributed by atoms with Crippen molar-refractivity contribution in [3.8, 4) is 0 Å². The van der Waals surface area contributed by atoms with Crippen LogP contribution < -0.4 is 9.62 Å². The van der Waals surface area contributed by atoms with Crippen LogP contribution >= 0.6 is 0 Å². The van der Waals surface area contributed by atoms with Crippen LogP contribution in [0.1, 0.15) is 26.3 Å². The van der Waals surface area contributed by atoms with Gasteiger partial charge < -0.3 is 10.1 Å². The number of nitrogens with zero attached hydrogens (tertiary/aromatic N) is 1. The van der Waals surface area contributed by atoms with E-state index in [1.807, 2.05) is 0 Å². The van der Waals surface area contributed by atoms with Crippen molar-refractivity contribution in [3.63, 3.8) is 0 Å². The summed E-state index contributed by atoms with van der Waals surface area (Å²) >= 11 is 0. The lowest BCUT2D eigenvalue weighted by Crippen LogP contribution is -2.29. The van der Waals surface area contributed by atoms with Gasteiger partial charge in [-0.05, 0) is 66.6 Å². The molecule has 0 fully saturated rings.